The predicted octanol–water partition coefficient (Wildman–Crippen LogP) is 4.21. The lowest BCUT2D eigenvalue weighted by Gasteiger charge is -2.12. The van der Waals surface area contributed by atoms with Crippen LogP contribution in [0, 0.1) is 6.92 Å². The van der Waals surface area contributed by atoms with Crippen molar-refractivity contribution in [3.63, 3.8) is 0 Å². The molecule has 0 radical (unpaired) electrons. The van der Waals surface area contributed by atoms with Crippen LogP contribution in [0.3, 0.4) is 0 Å². The molecule has 7 N–H and O–H groups in total. The fourth-order valence-corrected chi connectivity index (χ4v) is 4.12. The molecule has 2 aromatic carbocycles. The van der Waals surface area contributed by atoms with Crippen molar-refractivity contribution in [2.75, 3.05) is 19.7 Å². The number of pyridine rings is 1. The summed E-state index contributed by atoms with van der Waals surface area (Å²) >= 11 is 6.12. The van der Waals surface area contributed by atoms with Gasteiger partial charge in [0.05, 0.1) is 23.7 Å². The van der Waals surface area contributed by atoms with E-state index in [1.54, 1.807) is 0 Å². The molecule has 196 valence electrons. The molecule has 36 heavy (non-hydrogen) atoms. The van der Waals surface area contributed by atoms with E-state index in [0.29, 0.717) is 37.6 Å². The van der Waals surface area contributed by atoms with Gasteiger partial charge in [0, 0.05) is 28.9 Å². The molecule has 0 aliphatic rings. The average Bonchev–Trinajstić information content (AvgIpc) is 2.83. The number of nitrogens with zero attached hydrogens (tertiary/aromatic N) is 2. The number of aryl methyl sites for hydroxylation is 1. The number of carbonyl (C=O) groups is 1. The second-order valence-electron chi connectivity index (χ2n) is 8.69. The molecule has 0 fully saturated rings. The Bertz CT molecular complexity index is 1180. The average molecular weight is 536 g/mol. The first-order valence-electron chi connectivity index (χ1n) is 12.1. The van der Waals surface area contributed by atoms with Crippen molar-refractivity contribution in [2.45, 2.75) is 51.5 Å². The molecule has 1 aromatic heterocycles. The lowest BCUT2D eigenvalue weighted by Crippen LogP contribution is -2.41. The Balaban J connectivity index is 0.00000456. The minimum Gasteiger partial charge on any atom is -0.494 e. The minimum absolute atomic E-state index is 0. The summed E-state index contributed by atoms with van der Waals surface area (Å²) in [6.45, 7) is 3.85. The lowest BCUT2D eigenvalue weighted by atomic mass is 10.0. The van der Waals surface area contributed by atoms with E-state index < -0.39 is 6.04 Å². The summed E-state index contributed by atoms with van der Waals surface area (Å²) in [7, 11) is 0. The van der Waals surface area contributed by atoms with Gasteiger partial charge in [-0.3, -0.25) is 9.79 Å². The quantitative estimate of drug-likeness (QED) is 0.112. The Hall–Kier alpha value is -2.81. The van der Waals surface area contributed by atoms with Gasteiger partial charge in [0.15, 0.2) is 5.96 Å². The Labute approximate surface area is 223 Å². The molecule has 3 rings (SSSR count). The molecule has 0 spiro atoms. The molecular formula is C26H36Cl2N6O2. The number of guanidine groups is 1. The van der Waals surface area contributed by atoms with E-state index in [1.165, 1.54) is 5.56 Å². The number of unbranched alkanes of at least 4 members (excludes halogenated alkanes) is 3. The van der Waals surface area contributed by atoms with Crippen LogP contribution in [0.2, 0.25) is 5.02 Å². The van der Waals surface area contributed by atoms with Gasteiger partial charge in [-0.25, -0.2) is 4.98 Å². The summed E-state index contributed by atoms with van der Waals surface area (Å²) in [5.41, 5.74) is 19.4. The summed E-state index contributed by atoms with van der Waals surface area (Å²) in [6, 6.07) is 11.3. The van der Waals surface area contributed by atoms with Crippen molar-refractivity contribution in [2.24, 2.45) is 22.2 Å². The van der Waals surface area contributed by atoms with Gasteiger partial charge in [0.25, 0.3) is 0 Å². The summed E-state index contributed by atoms with van der Waals surface area (Å²) in [5.74, 6) is 0.768. The third-order valence-electron chi connectivity index (χ3n) is 5.92. The van der Waals surface area contributed by atoms with Crippen LogP contribution in [0.5, 0.6) is 5.75 Å². The number of carbonyl (C=O) groups excluding carboxylic acids is 1. The normalized spacial score (nSPS) is 11.6. The largest absolute Gasteiger partial charge is 0.494 e. The van der Waals surface area contributed by atoms with Gasteiger partial charge in [-0.15, -0.1) is 12.4 Å². The van der Waals surface area contributed by atoms with Crippen LogP contribution in [-0.4, -0.2) is 42.6 Å². The third kappa shape index (κ3) is 8.69. The number of ether oxygens (including phenoxy) is 1. The summed E-state index contributed by atoms with van der Waals surface area (Å²) in [5, 5.41) is 5.76. The Kier molecular flexibility index (Phi) is 12.0. The molecule has 0 bridgehead atoms. The zero-order valence-electron chi connectivity index (χ0n) is 20.6. The number of amides is 1. The fraction of sp³-hybridized carbons (Fsp3) is 0.423. The van der Waals surface area contributed by atoms with E-state index in [1.807, 2.05) is 30.3 Å². The second-order valence-corrected chi connectivity index (χ2v) is 9.12. The Morgan fingerprint density at radius 1 is 1.06 bits per heavy atom. The van der Waals surface area contributed by atoms with E-state index in [0.717, 1.165) is 53.2 Å². The maximum Gasteiger partial charge on any atom is 0.236 e. The van der Waals surface area contributed by atoms with Crippen LogP contribution in [-0.2, 0) is 4.79 Å². The third-order valence-corrected chi connectivity index (χ3v) is 6.16. The van der Waals surface area contributed by atoms with E-state index in [4.69, 9.17) is 38.5 Å². The number of nitrogens with two attached hydrogens (primary N) is 3. The van der Waals surface area contributed by atoms with Gasteiger partial charge in [0.2, 0.25) is 5.91 Å². The van der Waals surface area contributed by atoms with Crippen LogP contribution < -0.4 is 27.3 Å². The predicted molar refractivity (Wildman–Crippen MR) is 151 cm³/mol. The molecule has 1 atom stereocenters. The SMILES string of the molecule is Cc1c2ccc(Cl)cc2nc2ccc(OCCCCCCNC(=O)C(N)CCCN=C(N)N)cc12.Cl. The second kappa shape index (κ2) is 14.7. The van der Waals surface area contributed by atoms with Gasteiger partial charge in [-0.05, 0) is 68.5 Å². The molecule has 0 aliphatic carbocycles. The number of halogens is 2. The highest BCUT2D eigenvalue weighted by Crippen LogP contribution is 2.29. The van der Waals surface area contributed by atoms with Crippen molar-refractivity contribution in [1.29, 1.82) is 0 Å². The van der Waals surface area contributed by atoms with Crippen molar-refractivity contribution in [1.82, 2.24) is 10.3 Å². The van der Waals surface area contributed by atoms with E-state index in [9.17, 15) is 4.79 Å². The topological polar surface area (TPSA) is 142 Å². The molecule has 1 unspecified atom stereocenters. The first-order chi connectivity index (χ1) is 16.8. The number of aliphatic imine (C=N–C) groups is 1. The summed E-state index contributed by atoms with van der Waals surface area (Å²) < 4.78 is 5.98. The number of rotatable bonds is 13. The van der Waals surface area contributed by atoms with E-state index in [2.05, 4.69) is 23.3 Å². The maximum absolute atomic E-state index is 12.0. The highest BCUT2D eigenvalue weighted by atomic mass is 35.5. The fourth-order valence-electron chi connectivity index (χ4n) is 3.96. The molecule has 1 heterocycles. The zero-order valence-corrected chi connectivity index (χ0v) is 22.2. The van der Waals surface area contributed by atoms with Crippen LogP contribution in [0.15, 0.2) is 41.4 Å². The van der Waals surface area contributed by atoms with Crippen molar-refractivity contribution >= 4 is 57.7 Å². The number of fused-ring (bicyclic) bond motifs is 2. The van der Waals surface area contributed by atoms with Gasteiger partial charge in [-0.1, -0.05) is 30.5 Å². The number of benzene rings is 2. The minimum atomic E-state index is -0.533. The Morgan fingerprint density at radius 3 is 2.61 bits per heavy atom. The molecule has 1 amide bonds. The molecule has 10 heteroatoms. The van der Waals surface area contributed by atoms with E-state index in [-0.39, 0.29) is 24.3 Å². The molecule has 0 saturated carbocycles. The highest BCUT2D eigenvalue weighted by molar-refractivity contribution is 6.31. The van der Waals surface area contributed by atoms with Gasteiger partial charge < -0.3 is 27.3 Å². The van der Waals surface area contributed by atoms with Gasteiger partial charge in [-0.2, -0.15) is 0 Å². The van der Waals surface area contributed by atoms with Crippen LogP contribution in [0.4, 0.5) is 0 Å². The molecule has 8 nitrogen and oxygen atoms in total. The van der Waals surface area contributed by atoms with Gasteiger partial charge in [0.1, 0.15) is 5.75 Å². The maximum atomic E-state index is 12.0. The number of hydrogen-bond acceptors (Lipinski definition) is 5. The number of aromatic nitrogens is 1. The van der Waals surface area contributed by atoms with E-state index >= 15 is 0 Å². The molecule has 0 saturated heterocycles. The first kappa shape index (κ1) is 29.4. The summed E-state index contributed by atoms with van der Waals surface area (Å²) in [6.07, 6.45) is 5.12. The van der Waals surface area contributed by atoms with Crippen molar-refractivity contribution in [3.8, 4) is 5.75 Å². The molecule has 0 aliphatic heterocycles. The van der Waals surface area contributed by atoms with Gasteiger partial charge >= 0.3 is 0 Å². The van der Waals surface area contributed by atoms with Crippen LogP contribution >= 0.6 is 24.0 Å². The smallest absolute Gasteiger partial charge is 0.236 e. The molecule has 3 aromatic rings. The zero-order chi connectivity index (χ0) is 25.2. The monoisotopic (exact) mass is 534 g/mol. The van der Waals surface area contributed by atoms with Crippen LogP contribution in [0.25, 0.3) is 21.8 Å². The van der Waals surface area contributed by atoms with Crippen molar-refractivity contribution in [3.05, 3.63) is 47.0 Å². The van der Waals surface area contributed by atoms with Crippen molar-refractivity contribution < 1.29 is 9.53 Å². The van der Waals surface area contributed by atoms with Crippen LogP contribution in [0.1, 0.15) is 44.1 Å². The standard InChI is InChI=1S/C26H35ClN6O2.ClH/c1-17-20-10-8-18(27)15-24(20)33-23-11-9-19(16-21(17)23)35-14-5-3-2-4-12-31-25(34)22(28)7-6-13-32-26(29)30;/h8-11,15-16,22H,2-7,12-14,28H2,1H3,(H,31,34)(H4,29,30,32);1H. The Morgan fingerprint density at radius 2 is 1.83 bits per heavy atom. The lowest BCUT2D eigenvalue weighted by molar-refractivity contribution is -0.122. The number of nitrogens with one attached hydrogen (secondary N) is 1. The summed E-state index contributed by atoms with van der Waals surface area (Å²) in [4.78, 5) is 20.6. The molecular weight excluding hydrogens is 499 g/mol. The number of hydrogen-bond donors (Lipinski definition) is 4. The highest BCUT2D eigenvalue weighted by Gasteiger charge is 2.12. The first-order valence-corrected chi connectivity index (χ1v) is 12.4.